The topological polar surface area (TPSA) is 64.6 Å². The second kappa shape index (κ2) is 6.37. The van der Waals surface area contributed by atoms with Gasteiger partial charge < -0.3 is 14.8 Å². The van der Waals surface area contributed by atoms with Crippen LogP contribution in [0.2, 0.25) is 0 Å². The summed E-state index contributed by atoms with van der Waals surface area (Å²) in [6, 6.07) is -0.490. The van der Waals surface area contributed by atoms with Crippen LogP contribution in [0.15, 0.2) is 0 Å². The average molecular weight is 271 g/mol. The van der Waals surface area contributed by atoms with Gasteiger partial charge in [-0.3, -0.25) is 4.79 Å². The summed E-state index contributed by atoms with van der Waals surface area (Å²) in [5, 5.41) is 2.69. The van der Waals surface area contributed by atoms with Crippen molar-refractivity contribution in [1.29, 1.82) is 0 Å². The van der Waals surface area contributed by atoms with Gasteiger partial charge in [-0.1, -0.05) is 13.8 Å². The number of hydrogen-bond acceptors (Lipinski definition) is 4. The number of rotatable bonds is 4. The van der Waals surface area contributed by atoms with Crippen LogP contribution >= 0.6 is 0 Å². The lowest BCUT2D eigenvalue weighted by molar-refractivity contribution is -0.129. The van der Waals surface area contributed by atoms with Gasteiger partial charge in [0.05, 0.1) is 18.8 Å². The zero-order valence-electron chi connectivity index (χ0n) is 12.5. The number of Topliss-reactive ketones (excluding diaryl/α,β-unsaturated/α-hetero) is 1. The molecule has 5 heteroatoms. The minimum atomic E-state index is -0.553. The summed E-state index contributed by atoms with van der Waals surface area (Å²) in [4.78, 5) is 23.7. The number of carbonyl (C=O) groups is 2. The Labute approximate surface area is 115 Å². The third-order valence-corrected chi connectivity index (χ3v) is 3.54. The molecule has 1 N–H and O–H groups in total. The SMILES string of the molecule is COC(=O)NC(C(=O)C(C)C)C1CCOC(C)(C)C1. The monoisotopic (exact) mass is 271 g/mol. The lowest BCUT2D eigenvalue weighted by atomic mass is 9.80. The number of alkyl carbamates (subject to hydrolysis) is 1. The molecule has 0 bridgehead atoms. The summed E-state index contributed by atoms with van der Waals surface area (Å²) in [5.74, 6) is 0.0268. The van der Waals surface area contributed by atoms with E-state index in [0.717, 1.165) is 12.8 Å². The first-order valence-electron chi connectivity index (χ1n) is 6.79. The van der Waals surface area contributed by atoms with E-state index in [1.807, 2.05) is 27.7 Å². The van der Waals surface area contributed by atoms with Gasteiger partial charge in [0.15, 0.2) is 5.78 Å². The number of ketones is 1. The predicted octanol–water partition coefficient (Wildman–Crippen LogP) is 2.14. The van der Waals surface area contributed by atoms with Crippen LogP contribution in [0.5, 0.6) is 0 Å². The molecule has 0 radical (unpaired) electrons. The Morgan fingerprint density at radius 2 is 2.00 bits per heavy atom. The van der Waals surface area contributed by atoms with E-state index in [2.05, 4.69) is 10.1 Å². The van der Waals surface area contributed by atoms with E-state index in [0.29, 0.717) is 6.61 Å². The maximum atomic E-state index is 12.3. The zero-order valence-corrected chi connectivity index (χ0v) is 12.5. The first kappa shape index (κ1) is 16.0. The first-order valence-corrected chi connectivity index (χ1v) is 6.79. The van der Waals surface area contributed by atoms with Gasteiger partial charge in [-0.15, -0.1) is 0 Å². The van der Waals surface area contributed by atoms with Gasteiger partial charge in [0.1, 0.15) is 0 Å². The Bertz CT molecular complexity index is 338. The molecule has 1 aliphatic rings. The molecule has 0 aliphatic carbocycles. The zero-order chi connectivity index (χ0) is 14.6. The number of nitrogens with one attached hydrogen (secondary N) is 1. The molecular formula is C14H25NO4. The number of methoxy groups -OCH3 is 1. The Hall–Kier alpha value is -1.10. The smallest absolute Gasteiger partial charge is 0.407 e. The van der Waals surface area contributed by atoms with Crippen molar-refractivity contribution in [3.05, 3.63) is 0 Å². The van der Waals surface area contributed by atoms with E-state index in [4.69, 9.17) is 4.74 Å². The van der Waals surface area contributed by atoms with Gasteiger partial charge in [0.2, 0.25) is 0 Å². The number of amides is 1. The molecule has 0 aromatic rings. The minimum absolute atomic E-state index is 0.0492. The summed E-state index contributed by atoms with van der Waals surface area (Å²) in [6.07, 6.45) is 0.972. The van der Waals surface area contributed by atoms with E-state index in [1.54, 1.807) is 0 Å². The van der Waals surface area contributed by atoms with Gasteiger partial charge in [-0.05, 0) is 32.6 Å². The van der Waals surface area contributed by atoms with Gasteiger partial charge in [0.25, 0.3) is 0 Å². The predicted molar refractivity (Wildman–Crippen MR) is 71.9 cm³/mol. The van der Waals surface area contributed by atoms with Crippen molar-refractivity contribution in [3.63, 3.8) is 0 Å². The van der Waals surface area contributed by atoms with Crippen LogP contribution in [0, 0.1) is 11.8 Å². The second-order valence-electron chi connectivity index (χ2n) is 6.03. The Morgan fingerprint density at radius 1 is 1.37 bits per heavy atom. The Kier molecular flexibility index (Phi) is 5.35. The molecule has 1 heterocycles. The van der Waals surface area contributed by atoms with Crippen LogP contribution in [0.3, 0.4) is 0 Å². The summed E-state index contributed by atoms with van der Waals surface area (Å²) >= 11 is 0. The minimum Gasteiger partial charge on any atom is -0.453 e. The van der Waals surface area contributed by atoms with Crippen LogP contribution in [0.25, 0.3) is 0 Å². The highest BCUT2D eigenvalue weighted by Gasteiger charge is 2.38. The quantitative estimate of drug-likeness (QED) is 0.851. The van der Waals surface area contributed by atoms with E-state index < -0.39 is 12.1 Å². The van der Waals surface area contributed by atoms with E-state index >= 15 is 0 Å². The van der Waals surface area contributed by atoms with E-state index in [-0.39, 0.29) is 23.2 Å². The molecule has 110 valence electrons. The highest BCUT2D eigenvalue weighted by Crippen LogP contribution is 2.31. The number of hydrogen-bond donors (Lipinski definition) is 1. The third-order valence-electron chi connectivity index (χ3n) is 3.54. The van der Waals surface area contributed by atoms with Crippen molar-refractivity contribution in [3.8, 4) is 0 Å². The van der Waals surface area contributed by atoms with Crippen LogP contribution in [0.4, 0.5) is 4.79 Å². The Balaban J connectivity index is 2.83. The molecule has 5 nitrogen and oxygen atoms in total. The van der Waals surface area contributed by atoms with Crippen LogP contribution in [0.1, 0.15) is 40.5 Å². The Morgan fingerprint density at radius 3 is 2.47 bits per heavy atom. The highest BCUT2D eigenvalue weighted by atomic mass is 16.5. The summed E-state index contributed by atoms with van der Waals surface area (Å²) in [6.45, 7) is 8.32. The maximum Gasteiger partial charge on any atom is 0.407 e. The molecular weight excluding hydrogens is 246 g/mol. The lowest BCUT2D eigenvalue weighted by Gasteiger charge is -2.39. The van der Waals surface area contributed by atoms with Crippen molar-refractivity contribution in [2.24, 2.45) is 11.8 Å². The van der Waals surface area contributed by atoms with Crippen molar-refractivity contribution in [2.75, 3.05) is 13.7 Å². The molecule has 1 saturated heterocycles. The molecule has 2 atom stereocenters. The van der Waals surface area contributed by atoms with Gasteiger partial charge in [-0.2, -0.15) is 0 Å². The lowest BCUT2D eigenvalue weighted by Crippen LogP contribution is -2.51. The highest BCUT2D eigenvalue weighted by molar-refractivity contribution is 5.89. The summed E-state index contributed by atoms with van der Waals surface area (Å²) in [5.41, 5.74) is -0.254. The fourth-order valence-electron chi connectivity index (χ4n) is 2.53. The standard InChI is InChI=1S/C14H25NO4/c1-9(2)12(16)11(15-13(17)18-5)10-6-7-19-14(3,4)8-10/h9-11H,6-8H2,1-5H3,(H,15,17). The fraction of sp³-hybridized carbons (Fsp3) is 0.857. The van der Waals surface area contributed by atoms with Gasteiger partial charge >= 0.3 is 6.09 Å². The maximum absolute atomic E-state index is 12.3. The average Bonchev–Trinajstić information content (AvgIpc) is 2.33. The van der Waals surface area contributed by atoms with Crippen molar-refractivity contribution >= 4 is 11.9 Å². The molecule has 0 aromatic heterocycles. The van der Waals surface area contributed by atoms with Crippen LogP contribution < -0.4 is 5.32 Å². The second-order valence-corrected chi connectivity index (χ2v) is 6.03. The third kappa shape index (κ3) is 4.49. The molecule has 1 aliphatic heterocycles. The molecule has 0 aromatic carbocycles. The van der Waals surface area contributed by atoms with Crippen LogP contribution in [-0.2, 0) is 14.3 Å². The van der Waals surface area contributed by atoms with E-state index in [1.165, 1.54) is 7.11 Å². The number of ether oxygens (including phenoxy) is 2. The number of carbonyl (C=O) groups excluding carboxylic acids is 2. The molecule has 0 saturated carbocycles. The van der Waals surface area contributed by atoms with E-state index in [9.17, 15) is 9.59 Å². The molecule has 1 amide bonds. The molecule has 0 spiro atoms. The molecule has 1 fully saturated rings. The molecule has 2 unspecified atom stereocenters. The normalized spacial score (nSPS) is 23.8. The molecule has 19 heavy (non-hydrogen) atoms. The van der Waals surface area contributed by atoms with Gasteiger partial charge in [0, 0.05) is 12.5 Å². The summed E-state index contributed by atoms with van der Waals surface area (Å²) in [7, 11) is 1.31. The van der Waals surface area contributed by atoms with Gasteiger partial charge in [-0.25, -0.2) is 4.79 Å². The first-order chi connectivity index (χ1) is 8.76. The van der Waals surface area contributed by atoms with Crippen molar-refractivity contribution in [1.82, 2.24) is 5.32 Å². The molecule has 1 rings (SSSR count). The largest absolute Gasteiger partial charge is 0.453 e. The fourth-order valence-corrected chi connectivity index (χ4v) is 2.53. The van der Waals surface area contributed by atoms with Crippen molar-refractivity contribution in [2.45, 2.75) is 52.2 Å². The van der Waals surface area contributed by atoms with Crippen molar-refractivity contribution < 1.29 is 19.1 Å². The van der Waals surface area contributed by atoms with Crippen LogP contribution in [-0.4, -0.2) is 37.2 Å². The summed E-state index contributed by atoms with van der Waals surface area (Å²) < 4.78 is 10.3.